The number of carbonyl (C=O) groups is 1. The Bertz CT molecular complexity index is 1100. The fraction of sp³-hybridized carbons (Fsp3) is 0.593. The number of amides is 1. The fourth-order valence-corrected chi connectivity index (χ4v) is 5.83. The molecule has 8 nitrogen and oxygen atoms in total. The summed E-state index contributed by atoms with van der Waals surface area (Å²) in [5.74, 6) is 0.314. The molecule has 2 fully saturated rings. The summed E-state index contributed by atoms with van der Waals surface area (Å²) in [5, 5.41) is 20.2. The Hall–Kier alpha value is -2.62. The number of piperidine rings is 1. The second-order valence-electron chi connectivity index (χ2n) is 10.6. The van der Waals surface area contributed by atoms with Gasteiger partial charge in [0.2, 0.25) is 5.91 Å². The van der Waals surface area contributed by atoms with Crippen molar-refractivity contribution in [3.05, 3.63) is 52.7 Å². The molecule has 3 atom stereocenters. The number of halogens is 1. The van der Waals surface area contributed by atoms with E-state index in [2.05, 4.69) is 26.7 Å². The number of hydrogen-bond acceptors (Lipinski definition) is 7. The van der Waals surface area contributed by atoms with Gasteiger partial charge < -0.3 is 24.9 Å². The van der Waals surface area contributed by atoms with Gasteiger partial charge in [-0.3, -0.25) is 4.79 Å². The summed E-state index contributed by atoms with van der Waals surface area (Å²) in [6.07, 6.45) is 2.72. The van der Waals surface area contributed by atoms with E-state index in [-0.39, 0.29) is 23.7 Å². The van der Waals surface area contributed by atoms with Gasteiger partial charge in [-0.1, -0.05) is 19.1 Å². The summed E-state index contributed by atoms with van der Waals surface area (Å²) in [5.41, 5.74) is 3.01. The van der Waals surface area contributed by atoms with E-state index in [1.54, 1.807) is 13.0 Å². The molecule has 2 saturated heterocycles. The van der Waals surface area contributed by atoms with Crippen molar-refractivity contribution in [1.82, 2.24) is 19.8 Å². The van der Waals surface area contributed by atoms with Crippen molar-refractivity contribution >= 4 is 11.7 Å². The molecule has 2 aromatic rings. The lowest BCUT2D eigenvalue weighted by Gasteiger charge is -2.39. The van der Waals surface area contributed by atoms with Gasteiger partial charge in [0.1, 0.15) is 18.0 Å². The van der Waals surface area contributed by atoms with E-state index in [1.807, 2.05) is 11.0 Å². The lowest BCUT2D eigenvalue weighted by atomic mass is 9.94. The zero-order chi connectivity index (χ0) is 25.4. The number of anilines is 1. The van der Waals surface area contributed by atoms with Gasteiger partial charge in [0.25, 0.3) is 0 Å². The number of benzene rings is 1. The first-order valence-corrected chi connectivity index (χ1v) is 13.0. The monoisotopic (exact) mass is 497 g/mol. The van der Waals surface area contributed by atoms with Gasteiger partial charge in [0.05, 0.1) is 23.8 Å². The molecule has 36 heavy (non-hydrogen) atoms. The van der Waals surface area contributed by atoms with Gasteiger partial charge in [-0.05, 0) is 49.3 Å². The quantitative estimate of drug-likeness (QED) is 0.655. The van der Waals surface area contributed by atoms with E-state index < -0.39 is 12.0 Å². The molecule has 3 aliphatic rings. The molecule has 0 spiro atoms. The number of carbonyl (C=O) groups excluding carboxylic acids is 1. The zero-order valence-electron chi connectivity index (χ0n) is 21.1. The molecule has 0 radical (unpaired) electrons. The number of fused-ring (bicyclic) bond motifs is 1. The first kappa shape index (κ1) is 25.0. The van der Waals surface area contributed by atoms with Crippen molar-refractivity contribution in [2.75, 3.05) is 50.7 Å². The van der Waals surface area contributed by atoms with E-state index in [0.717, 1.165) is 30.2 Å². The van der Waals surface area contributed by atoms with Crippen molar-refractivity contribution in [1.29, 1.82) is 0 Å². The van der Waals surface area contributed by atoms with Crippen LogP contribution in [0.5, 0.6) is 0 Å². The first-order valence-electron chi connectivity index (χ1n) is 13.0. The predicted octanol–water partition coefficient (Wildman–Crippen LogP) is 2.35. The van der Waals surface area contributed by atoms with Gasteiger partial charge in [0.15, 0.2) is 0 Å². The number of likely N-dealkylation sites (tertiary alicyclic amines) is 1. The molecular formula is C27H36FN5O3. The third kappa shape index (κ3) is 4.96. The maximum absolute atomic E-state index is 14.5. The highest BCUT2D eigenvalue weighted by Gasteiger charge is 2.35. The largest absolute Gasteiger partial charge is 0.393 e. The van der Waals surface area contributed by atoms with Crippen LogP contribution in [-0.2, 0) is 4.79 Å². The number of rotatable bonds is 5. The van der Waals surface area contributed by atoms with Crippen molar-refractivity contribution in [3.63, 3.8) is 0 Å². The molecule has 2 aliphatic heterocycles. The van der Waals surface area contributed by atoms with E-state index in [1.165, 1.54) is 12.4 Å². The van der Waals surface area contributed by atoms with Crippen LogP contribution in [0.1, 0.15) is 66.5 Å². The lowest BCUT2D eigenvalue weighted by molar-refractivity contribution is -0.133. The summed E-state index contributed by atoms with van der Waals surface area (Å²) >= 11 is 0. The third-order valence-electron chi connectivity index (χ3n) is 8.06. The maximum atomic E-state index is 14.5. The first-order chi connectivity index (χ1) is 17.3. The van der Waals surface area contributed by atoms with E-state index in [4.69, 9.17) is 0 Å². The molecule has 194 valence electrons. The molecule has 1 amide bonds. The van der Waals surface area contributed by atoms with Crippen LogP contribution in [0.3, 0.4) is 0 Å². The van der Waals surface area contributed by atoms with Gasteiger partial charge in [-0.15, -0.1) is 0 Å². The molecule has 0 unspecified atom stereocenters. The van der Waals surface area contributed by atoms with Crippen LogP contribution in [0.2, 0.25) is 0 Å². The smallest absolute Gasteiger partial charge is 0.231 e. The molecule has 9 heteroatoms. The minimum absolute atomic E-state index is 0.0146. The Kier molecular flexibility index (Phi) is 7.23. The molecule has 5 rings (SSSR count). The number of aromatic nitrogens is 2. The molecule has 3 heterocycles. The Morgan fingerprint density at radius 1 is 1.11 bits per heavy atom. The summed E-state index contributed by atoms with van der Waals surface area (Å²) in [7, 11) is 0. The zero-order valence-corrected chi connectivity index (χ0v) is 21.1. The van der Waals surface area contributed by atoms with Crippen LogP contribution in [0, 0.1) is 12.7 Å². The average Bonchev–Trinajstić information content (AvgIpc) is 3.18. The molecule has 1 aromatic heterocycles. The van der Waals surface area contributed by atoms with Gasteiger partial charge >= 0.3 is 0 Å². The number of piperazine rings is 1. The fourth-order valence-electron chi connectivity index (χ4n) is 5.83. The van der Waals surface area contributed by atoms with E-state index >= 15 is 0 Å². The second kappa shape index (κ2) is 10.4. The van der Waals surface area contributed by atoms with Crippen LogP contribution in [0.15, 0.2) is 24.5 Å². The Balaban J connectivity index is 1.31. The van der Waals surface area contributed by atoms with E-state index in [9.17, 15) is 19.4 Å². The molecular weight excluding hydrogens is 461 g/mol. The van der Waals surface area contributed by atoms with Crippen LogP contribution in [-0.4, -0.2) is 87.8 Å². The molecule has 1 aliphatic carbocycles. The predicted molar refractivity (Wildman–Crippen MR) is 134 cm³/mol. The Morgan fingerprint density at radius 2 is 1.83 bits per heavy atom. The number of aryl methyl sites for hydroxylation is 1. The van der Waals surface area contributed by atoms with Crippen molar-refractivity contribution in [2.45, 2.75) is 57.2 Å². The third-order valence-corrected chi connectivity index (χ3v) is 8.06. The molecule has 0 saturated carbocycles. The van der Waals surface area contributed by atoms with Gasteiger partial charge in [-0.25, -0.2) is 14.4 Å². The highest BCUT2D eigenvalue weighted by Crippen LogP contribution is 2.42. The van der Waals surface area contributed by atoms with Crippen molar-refractivity contribution < 1.29 is 19.4 Å². The summed E-state index contributed by atoms with van der Waals surface area (Å²) in [6.45, 7) is 8.19. The molecule has 1 aromatic carbocycles. The normalized spacial score (nSPS) is 24.1. The highest BCUT2D eigenvalue weighted by atomic mass is 19.1. The van der Waals surface area contributed by atoms with Crippen molar-refractivity contribution in [3.8, 4) is 0 Å². The van der Waals surface area contributed by atoms with E-state index in [0.29, 0.717) is 63.1 Å². The van der Waals surface area contributed by atoms with Crippen molar-refractivity contribution in [2.24, 2.45) is 0 Å². The minimum atomic E-state index is -0.550. The Morgan fingerprint density at radius 3 is 2.53 bits per heavy atom. The highest BCUT2D eigenvalue weighted by molar-refractivity contribution is 5.84. The average molecular weight is 498 g/mol. The SMILES string of the molecule is Cc1ccc([C@@H](CN2CCC(O)CC2)C(=O)N2CCN(c3ncnc4c3[C@H](C)C[C@H]4O)CC2)cc1F. The molecule has 2 N–H and O–H groups in total. The van der Waals surface area contributed by atoms with Crippen LogP contribution in [0.25, 0.3) is 0 Å². The Labute approximate surface area is 211 Å². The van der Waals surface area contributed by atoms with Crippen LogP contribution < -0.4 is 4.90 Å². The summed E-state index contributed by atoms with van der Waals surface area (Å²) < 4.78 is 14.5. The standard InChI is InChI=1S/C27H36FN5O3/c1-17-3-4-19(14-22(17)28)21(15-31-7-5-20(34)6-8-31)27(36)33-11-9-32(10-12-33)26-24-18(2)13-23(35)25(24)29-16-30-26/h3-4,14,16,18,20-21,23,34-35H,5-13,15H2,1-2H3/t18-,21-,23-/m1/s1. The summed E-state index contributed by atoms with van der Waals surface area (Å²) in [4.78, 5) is 29.0. The van der Waals surface area contributed by atoms with Crippen LogP contribution >= 0.6 is 0 Å². The van der Waals surface area contributed by atoms with Gasteiger partial charge in [-0.2, -0.15) is 0 Å². The minimum Gasteiger partial charge on any atom is -0.393 e. The number of hydrogen-bond donors (Lipinski definition) is 2. The van der Waals surface area contributed by atoms with Gasteiger partial charge in [0, 0.05) is 51.4 Å². The maximum Gasteiger partial charge on any atom is 0.231 e. The summed E-state index contributed by atoms with van der Waals surface area (Å²) in [6, 6.07) is 5.12. The topological polar surface area (TPSA) is 93.0 Å². The molecule has 0 bridgehead atoms. The number of aliphatic hydroxyl groups excluding tert-OH is 2. The number of nitrogens with zero attached hydrogens (tertiary/aromatic N) is 5. The lowest BCUT2D eigenvalue weighted by Crippen LogP contribution is -2.52. The number of aliphatic hydroxyl groups is 2. The second-order valence-corrected chi connectivity index (χ2v) is 10.6. The van der Waals surface area contributed by atoms with Crippen LogP contribution in [0.4, 0.5) is 10.2 Å².